The van der Waals surface area contributed by atoms with Gasteiger partial charge in [-0.3, -0.25) is 4.90 Å². The topological polar surface area (TPSA) is 136 Å². The van der Waals surface area contributed by atoms with Gasteiger partial charge in [-0.2, -0.15) is 15.2 Å². The van der Waals surface area contributed by atoms with Crippen molar-refractivity contribution < 1.29 is 23.8 Å². The Kier molecular flexibility index (Phi) is 14.3. The molecule has 15 heteroatoms. The highest BCUT2D eigenvalue weighted by Gasteiger charge is 2.36. The van der Waals surface area contributed by atoms with E-state index in [1.54, 1.807) is 4.90 Å². The summed E-state index contributed by atoms with van der Waals surface area (Å²) in [6, 6.07) is 15.7. The zero-order chi connectivity index (χ0) is 41.5. The summed E-state index contributed by atoms with van der Waals surface area (Å²) >= 11 is 6.78. The van der Waals surface area contributed by atoms with Crippen molar-refractivity contribution in [1.29, 1.82) is 5.26 Å². The van der Waals surface area contributed by atoms with E-state index in [0.717, 1.165) is 84.9 Å². The van der Waals surface area contributed by atoms with Crippen LogP contribution in [0.15, 0.2) is 36.4 Å². The second-order valence-electron chi connectivity index (χ2n) is 17.9. The third-order valence-electron chi connectivity index (χ3n) is 11.1. The van der Waals surface area contributed by atoms with Crippen molar-refractivity contribution in [3.63, 3.8) is 0 Å². The molecule has 3 aliphatic rings. The smallest absolute Gasteiger partial charge is 0.410 e. The summed E-state index contributed by atoms with van der Waals surface area (Å²) in [6.45, 7) is 18.5. The molecule has 2 atom stereocenters. The molecule has 2 fully saturated rings. The molecule has 4 heterocycles. The lowest BCUT2D eigenvalue weighted by atomic mass is 10.0. The van der Waals surface area contributed by atoms with Gasteiger partial charge in [0.05, 0.1) is 42.4 Å². The summed E-state index contributed by atoms with van der Waals surface area (Å²) in [4.78, 5) is 44.2. The van der Waals surface area contributed by atoms with E-state index in [1.807, 2.05) is 32.9 Å². The number of hydrogen-bond acceptors (Lipinski definition) is 11. The first-order chi connectivity index (χ1) is 27.7. The minimum Gasteiger partial charge on any atom is -0.462 e. The fourth-order valence-electron chi connectivity index (χ4n) is 8.03. The zero-order valence-corrected chi connectivity index (χ0v) is 36.9. The second-order valence-corrected chi connectivity index (χ2v) is 23.9. The number of nitrogens with zero attached hydrogens (tertiary/aromatic N) is 7. The van der Waals surface area contributed by atoms with Gasteiger partial charge in [-0.1, -0.05) is 55.5 Å². The molecule has 3 aliphatic heterocycles. The molecule has 2 aromatic carbocycles. The van der Waals surface area contributed by atoms with E-state index in [1.165, 1.54) is 0 Å². The second kappa shape index (κ2) is 19.2. The lowest BCUT2D eigenvalue weighted by Crippen LogP contribution is -2.56. The van der Waals surface area contributed by atoms with Crippen LogP contribution in [0.25, 0.3) is 10.8 Å². The quantitative estimate of drug-likeness (QED) is 0.126. The summed E-state index contributed by atoms with van der Waals surface area (Å²) in [5.74, 6) is 0.803. The molecule has 1 N–H and O–H groups in total. The van der Waals surface area contributed by atoms with Gasteiger partial charge in [-0.15, -0.1) is 0 Å². The molecule has 0 radical (unpaired) electrons. The van der Waals surface area contributed by atoms with Gasteiger partial charge < -0.3 is 34.2 Å². The number of amides is 2. The summed E-state index contributed by atoms with van der Waals surface area (Å²) in [5, 5.41) is 15.5. The molecule has 0 unspecified atom stereocenters. The maximum atomic E-state index is 13.2. The number of benzene rings is 2. The normalized spacial score (nSPS) is 18.8. The van der Waals surface area contributed by atoms with Gasteiger partial charge in [0.2, 0.25) is 0 Å². The predicted molar refractivity (Wildman–Crippen MR) is 232 cm³/mol. The molecule has 0 aliphatic carbocycles. The number of alkyl carbamates (subject to hydrolysis) is 1. The van der Waals surface area contributed by atoms with Crippen LogP contribution in [0.2, 0.25) is 30.7 Å². The molecule has 0 spiro atoms. The van der Waals surface area contributed by atoms with Crippen LogP contribution >= 0.6 is 11.6 Å². The number of ether oxygens (including phenoxy) is 3. The number of unbranched alkanes of at least 4 members (excludes halogenated alkanes) is 1. The average Bonchev–Trinajstić information content (AvgIpc) is 3.62. The molecule has 13 nitrogen and oxygen atoms in total. The highest BCUT2D eigenvalue weighted by molar-refractivity contribution is 6.76. The van der Waals surface area contributed by atoms with Crippen molar-refractivity contribution in [1.82, 2.24) is 25.1 Å². The summed E-state index contributed by atoms with van der Waals surface area (Å²) < 4.78 is 17.6. The Morgan fingerprint density at radius 3 is 2.57 bits per heavy atom. The van der Waals surface area contributed by atoms with Crippen molar-refractivity contribution in [2.24, 2.45) is 0 Å². The molecule has 3 aromatic rings. The molecule has 0 bridgehead atoms. The highest BCUT2D eigenvalue weighted by Crippen LogP contribution is 2.37. The van der Waals surface area contributed by atoms with Gasteiger partial charge >= 0.3 is 18.2 Å². The summed E-state index contributed by atoms with van der Waals surface area (Å²) in [7, 11) is -1.24. The fourth-order valence-corrected chi connectivity index (χ4v) is 9.02. The number of piperazine rings is 1. The Morgan fingerprint density at radius 2 is 1.81 bits per heavy atom. The minimum atomic E-state index is -1.24. The van der Waals surface area contributed by atoms with Crippen LogP contribution < -0.4 is 19.9 Å². The van der Waals surface area contributed by atoms with Gasteiger partial charge in [-0.05, 0) is 89.5 Å². The van der Waals surface area contributed by atoms with Gasteiger partial charge in [0.1, 0.15) is 18.0 Å². The number of nitriles is 1. The van der Waals surface area contributed by atoms with Gasteiger partial charge in [0.15, 0.2) is 0 Å². The molecule has 0 saturated carbocycles. The minimum absolute atomic E-state index is 0.179. The molecule has 2 amide bonds. The molecule has 1 aromatic heterocycles. The first-order valence-electron chi connectivity index (χ1n) is 20.9. The van der Waals surface area contributed by atoms with Gasteiger partial charge in [0, 0.05) is 63.5 Å². The number of rotatable bonds is 14. The predicted octanol–water partition coefficient (Wildman–Crippen LogP) is 7.87. The van der Waals surface area contributed by atoms with Crippen molar-refractivity contribution in [3.8, 4) is 12.1 Å². The Bertz CT molecular complexity index is 1940. The van der Waals surface area contributed by atoms with E-state index < -0.39 is 19.8 Å². The number of hydrogen-bond donors (Lipinski definition) is 1. The highest BCUT2D eigenvalue weighted by atomic mass is 35.5. The largest absolute Gasteiger partial charge is 0.462 e. The first-order valence-corrected chi connectivity index (χ1v) is 25.0. The molecule has 58 heavy (non-hydrogen) atoms. The van der Waals surface area contributed by atoms with Crippen LogP contribution in [0.1, 0.15) is 64.1 Å². The summed E-state index contributed by atoms with van der Waals surface area (Å²) in [5.41, 5.74) is 2.38. The number of carbonyl (C=O) groups excluding carboxylic acids is 2. The number of aromatic nitrogens is 2. The van der Waals surface area contributed by atoms with E-state index in [9.17, 15) is 14.9 Å². The number of halogens is 1. The number of carbonyl (C=O) groups is 2. The average molecular weight is 834 g/mol. The number of nitrogens with one attached hydrogen (secondary N) is 1. The molecule has 314 valence electrons. The SMILES string of the molecule is CC(C)(C)OC(=O)N1CCN(c2nc(OC[C@@H]3CCCN3CCCCNC(=O)OCC[Si](C)(C)C)nc3c2CCN(c2cccc4cccc(Cl)c24)C3)C[C@@H]1CC#N. The number of anilines is 2. The maximum Gasteiger partial charge on any atom is 0.410 e. The van der Waals surface area contributed by atoms with Crippen LogP contribution in [0.5, 0.6) is 6.01 Å². The van der Waals surface area contributed by atoms with E-state index in [4.69, 9.17) is 35.8 Å². The maximum absolute atomic E-state index is 13.2. The van der Waals surface area contributed by atoms with E-state index in [2.05, 4.69) is 70.0 Å². The Hall–Kier alpha value is -4.32. The third kappa shape index (κ3) is 11.4. The monoisotopic (exact) mass is 832 g/mol. The molecular formula is C43H61ClN8O5Si. The van der Waals surface area contributed by atoms with Gasteiger partial charge in [0.25, 0.3) is 0 Å². The number of fused-ring (bicyclic) bond motifs is 2. The Morgan fingerprint density at radius 1 is 1.02 bits per heavy atom. The van der Waals surface area contributed by atoms with Gasteiger partial charge in [-0.25, -0.2) is 9.59 Å². The Labute approximate surface area is 350 Å². The van der Waals surface area contributed by atoms with Crippen molar-refractivity contribution in [3.05, 3.63) is 52.7 Å². The third-order valence-corrected chi connectivity index (χ3v) is 13.1. The zero-order valence-electron chi connectivity index (χ0n) is 35.2. The van der Waals surface area contributed by atoms with Crippen LogP contribution in [-0.2, 0) is 22.4 Å². The van der Waals surface area contributed by atoms with E-state index in [0.29, 0.717) is 63.4 Å². The van der Waals surface area contributed by atoms with Crippen LogP contribution in [-0.4, -0.2) is 117 Å². The van der Waals surface area contributed by atoms with Crippen LogP contribution in [0.4, 0.5) is 21.1 Å². The van der Waals surface area contributed by atoms with Crippen molar-refractivity contribution in [2.45, 2.75) is 109 Å². The lowest BCUT2D eigenvalue weighted by molar-refractivity contribution is 0.0144. The van der Waals surface area contributed by atoms with Crippen molar-refractivity contribution >= 4 is 54.1 Å². The van der Waals surface area contributed by atoms with Crippen molar-refractivity contribution in [2.75, 3.05) is 68.8 Å². The van der Waals surface area contributed by atoms with Crippen LogP contribution in [0, 0.1) is 11.3 Å². The molecule has 2 saturated heterocycles. The van der Waals surface area contributed by atoms with Crippen LogP contribution in [0.3, 0.4) is 0 Å². The van der Waals surface area contributed by atoms with E-state index >= 15 is 0 Å². The number of likely N-dealkylation sites (tertiary alicyclic amines) is 1. The standard InChI is InChI=1S/C43H61ClN8O5Si/c1-43(2,3)57-42(54)52-25-24-51(28-32(52)17-19-45)39-34-18-23-50(37-16-10-13-31-12-9-15-35(44)38(31)37)29-36(34)47-40(48-39)56-30-33-14-11-22-49(33)21-8-7-20-46-41(53)55-26-27-58(4,5)6/h9-10,12-13,15-16,32-33H,7-8,11,14,17-18,20-30H2,1-6H3,(H,46,53)/t32-,33-/m0/s1. The molecular weight excluding hydrogens is 772 g/mol. The fraction of sp³-hybridized carbons (Fsp3) is 0.605. The Balaban J connectivity index is 1.16. The summed E-state index contributed by atoms with van der Waals surface area (Å²) in [6.07, 6.45) is 4.10. The molecule has 6 rings (SSSR count). The van der Waals surface area contributed by atoms with E-state index in [-0.39, 0.29) is 24.6 Å². The lowest BCUT2D eigenvalue weighted by Gasteiger charge is -2.42. The first kappa shape index (κ1) is 43.3.